The minimum atomic E-state index is -3.52. The van der Waals surface area contributed by atoms with E-state index in [1.165, 1.54) is 38.7 Å². The molecule has 3 rings (SSSR count). The number of carbonyl (C=O) groups is 1. The van der Waals surface area contributed by atoms with Crippen LogP contribution in [0.3, 0.4) is 0 Å². The number of Topliss-reactive ketones (excluding diaryl/α,β-unsaturated/α-hetero) is 1. The fourth-order valence-electron chi connectivity index (χ4n) is 3.93. The molecule has 0 spiro atoms. The molecular formula is C19H28N2O3S. The summed E-state index contributed by atoms with van der Waals surface area (Å²) in [4.78, 5) is 14.3. The van der Waals surface area contributed by atoms with Crippen LogP contribution >= 0.6 is 0 Å². The molecule has 0 bridgehead atoms. The minimum Gasteiger partial charge on any atom is -0.300 e. The van der Waals surface area contributed by atoms with Crippen LogP contribution < -0.4 is 0 Å². The summed E-state index contributed by atoms with van der Waals surface area (Å²) in [5.74, 6) is -0.114. The number of piperidine rings is 1. The predicted molar refractivity (Wildman–Crippen MR) is 98.3 cm³/mol. The van der Waals surface area contributed by atoms with Crippen LogP contribution in [0.5, 0.6) is 0 Å². The minimum absolute atomic E-state index is 0.114. The van der Waals surface area contributed by atoms with E-state index in [1.807, 2.05) is 0 Å². The zero-order chi connectivity index (χ0) is 17.9. The van der Waals surface area contributed by atoms with Crippen molar-refractivity contribution in [3.8, 4) is 0 Å². The molecule has 0 aliphatic carbocycles. The molecule has 138 valence electrons. The monoisotopic (exact) mass is 364 g/mol. The van der Waals surface area contributed by atoms with Crippen LogP contribution in [-0.4, -0.2) is 55.6 Å². The van der Waals surface area contributed by atoms with Gasteiger partial charge in [0.1, 0.15) is 0 Å². The molecule has 25 heavy (non-hydrogen) atoms. The Morgan fingerprint density at radius 2 is 1.64 bits per heavy atom. The lowest BCUT2D eigenvalue weighted by molar-refractivity contribution is 0.101. The van der Waals surface area contributed by atoms with Crippen molar-refractivity contribution in [3.05, 3.63) is 29.8 Å². The van der Waals surface area contributed by atoms with Gasteiger partial charge in [0.05, 0.1) is 4.90 Å². The Labute approximate surface area is 151 Å². The van der Waals surface area contributed by atoms with Gasteiger partial charge in [0.2, 0.25) is 10.0 Å². The lowest BCUT2D eigenvalue weighted by atomic mass is 10.0. The lowest BCUT2D eigenvalue weighted by Gasteiger charge is -2.37. The highest BCUT2D eigenvalue weighted by atomic mass is 32.2. The van der Waals surface area contributed by atoms with Crippen molar-refractivity contribution < 1.29 is 13.2 Å². The Hall–Kier alpha value is -1.24. The van der Waals surface area contributed by atoms with Crippen molar-refractivity contribution in [2.75, 3.05) is 26.2 Å². The van der Waals surface area contributed by atoms with Gasteiger partial charge >= 0.3 is 0 Å². The van der Waals surface area contributed by atoms with Gasteiger partial charge in [-0.3, -0.25) is 4.79 Å². The van der Waals surface area contributed by atoms with Gasteiger partial charge in [-0.05, 0) is 57.8 Å². The average Bonchev–Trinajstić information content (AvgIpc) is 2.91. The van der Waals surface area contributed by atoms with E-state index in [2.05, 4.69) is 4.90 Å². The summed E-state index contributed by atoms with van der Waals surface area (Å²) in [7, 11) is -3.52. The smallest absolute Gasteiger partial charge is 0.243 e. The van der Waals surface area contributed by atoms with Crippen LogP contribution in [0.15, 0.2) is 29.2 Å². The van der Waals surface area contributed by atoms with Gasteiger partial charge in [-0.2, -0.15) is 4.31 Å². The van der Waals surface area contributed by atoms with Crippen LogP contribution in [-0.2, 0) is 10.0 Å². The number of sulfonamides is 1. The van der Waals surface area contributed by atoms with Crippen molar-refractivity contribution in [1.82, 2.24) is 9.21 Å². The van der Waals surface area contributed by atoms with E-state index >= 15 is 0 Å². The third-order valence-corrected chi connectivity index (χ3v) is 7.35. The van der Waals surface area contributed by atoms with Gasteiger partial charge in [0, 0.05) is 24.7 Å². The molecule has 0 unspecified atom stereocenters. The number of hydrogen-bond donors (Lipinski definition) is 0. The number of carbonyl (C=O) groups excluding carboxylic acids is 1. The standard InChI is InChI=1S/C19H28N2O3S/c1-16(22)17-7-6-8-19(15-17)25(23,24)21-13-9-18(10-14-21)20-11-4-2-3-5-12-20/h6-8,15,18H,2-5,9-14H2,1H3. The molecule has 2 heterocycles. The van der Waals surface area contributed by atoms with Crippen molar-refractivity contribution in [2.45, 2.75) is 56.4 Å². The Bertz CT molecular complexity index is 701. The van der Waals surface area contributed by atoms with E-state index in [9.17, 15) is 13.2 Å². The number of rotatable bonds is 4. The molecule has 1 aromatic rings. The summed E-state index contributed by atoms with van der Waals surface area (Å²) in [6.07, 6.45) is 6.94. The predicted octanol–water partition coefficient (Wildman–Crippen LogP) is 2.92. The van der Waals surface area contributed by atoms with E-state index in [4.69, 9.17) is 0 Å². The highest BCUT2D eigenvalue weighted by molar-refractivity contribution is 7.89. The Balaban J connectivity index is 1.67. The van der Waals surface area contributed by atoms with Gasteiger partial charge in [0.25, 0.3) is 0 Å². The zero-order valence-corrected chi connectivity index (χ0v) is 15.8. The number of benzene rings is 1. The topological polar surface area (TPSA) is 57.7 Å². The lowest BCUT2D eigenvalue weighted by Crippen LogP contribution is -2.47. The molecule has 5 nitrogen and oxygen atoms in total. The normalized spacial score (nSPS) is 21.8. The van der Waals surface area contributed by atoms with Gasteiger partial charge in [0.15, 0.2) is 5.78 Å². The Morgan fingerprint density at radius 3 is 2.24 bits per heavy atom. The first kappa shape index (κ1) is 18.5. The van der Waals surface area contributed by atoms with Crippen LogP contribution in [0.25, 0.3) is 0 Å². The third kappa shape index (κ3) is 4.30. The maximum Gasteiger partial charge on any atom is 0.243 e. The van der Waals surface area contributed by atoms with E-state index < -0.39 is 10.0 Å². The summed E-state index contributed by atoms with van der Waals surface area (Å²) in [5.41, 5.74) is 0.445. The van der Waals surface area contributed by atoms with E-state index in [1.54, 1.807) is 22.5 Å². The molecule has 0 atom stereocenters. The first-order chi connectivity index (χ1) is 12.0. The molecule has 2 saturated heterocycles. The maximum atomic E-state index is 12.9. The van der Waals surface area contributed by atoms with Crippen LogP contribution in [0, 0.1) is 0 Å². The first-order valence-corrected chi connectivity index (χ1v) is 10.8. The molecule has 6 heteroatoms. The fourth-order valence-corrected chi connectivity index (χ4v) is 5.45. The highest BCUT2D eigenvalue weighted by Crippen LogP contribution is 2.25. The summed E-state index contributed by atoms with van der Waals surface area (Å²) in [5, 5.41) is 0. The molecule has 0 saturated carbocycles. The number of nitrogens with zero attached hydrogens (tertiary/aromatic N) is 2. The second-order valence-corrected chi connectivity index (χ2v) is 9.11. The van der Waals surface area contributed by atoms with Crippen LogP contribution in [0.1, 0.15) is 55.8 Å². The second-order valence-electron chi connectivity index (χ2n) is 7.17. The summed E-state index contributed by atoms with van der Waals surface area (Å²) in [6.45, 7) is 4.89. The quantitative estimate of drug-likeness (QED) is 0.771. The van der Waals surface area contributed by atoms with Crippen molar-refractivity contribution in [3.63, 3.8) is 0 Å². The second kappa shape index (κ2) is 7.98. The molecule has 0 amide bonds. The Morgan fingerprint density at radius 1 is 1.00 bits per heavy atom. The zero-order valence-electron chi connectivity index (χ0n) is 15.0. The molecule has 2 fully saturated rings. The molecule has 2 aliphatic rings. The largest absolute Gasteiger partial charge is 0.300 e. The number of hydrogen-bond acceptors (Lipinski definition) is 4. The third-order valence-electron chi connectivity index (χ3n) is 5.46. The summed E-state index contributed by atoms with van der Waals surface area (Å²) < 4.78 is 27.4. The van der Waals surface area contributed by atoms with Gasteiger partial charge < -0.3 is 4.90 Å². The van der Waals surface area contributed by atoms with Gasteiger partial charge in [-0.1, -0.05) is 25.0 Å². The first-order valence-electron chi connectivity index (χ1n) is 9.34. The van der Waals surface area contributed by atoms with Gasteiger partial charge in [-0.25, -0.2) is 8.42 Å². The van der Waals surface area contributed by atoms with E-state index in [0.717, 1.165) is 25.9 Å². The van der Waals surface area contributed by atoms with E-state index in [-0.39, 0.29) is 10.7 Å². The molecule has 0 radical (unpaired) electrons. The number of likely N-dealkylation sites (tertiary alicyclic amines) is 1. The molecule has 0 aromatic heterocycles. The van der Waals surface area contributed by atoms with Crippen molar-refractivity contribution >= 4 is 15.8 Å². The van der Waals surface area contributed by atoms with Crippen LogP contribution in [0.2, 0.25) is 0 Å². The van der Waals surface area contributed by atoms with Crippen molar-refractivity contribution in [2.24, 2.45) is 0 Å². The average molecular weight is 365 g/mol. The Kier molecular flexibility index (Phi) is 5.92. The van der Waals surface area contributed by atoms with Crippen molar-refractivity contribution in [1.29, 1.82) is 0 Å². The van der Waals surface area contributed by atoms with E-state index in [0.29, 0.717) is 24.7 Å². The molecule has 1 aromatic carbocycles. The van der Waals surface area contributed by atoms with Gasteiger partial charge in [-0.15, -0.1) is 0 Å². The molecule has 2 aliphatic heterocycles. The highest BCUT2D eigenvalue weighted by Gasteiger charge is 2.32. The van der Waals surface area contributed by atoms with Crippen LogP contribution in [0.4, 0.5) is 0 Å². The SMILES string of the molecule is CC(=O)c1cccc(S(=O)(=O)N2CCC(N3CCCCCC3)CC2)c1. The molecule has 0 N–H and O–H groups in total. The maximum absolute atomic E-state index is 12.9. The summed E-state index contributed by atoms with van der Waals surface area (Å²) in [6, 6.07) is 6.90. The summed E-state index contributed by atoms with van der Waals surface area (Å²) >= 11 is 0. The number of ketones is 1. The fraction of sp³-hybridized carbons (Fsp3) is 0.632. The molecular weight excluding hydrogens is 336 g/mol.